The highest BCUT2D eigenvalue weighted by Gasteiger charge is 2.61. The molecule has 0 aromatic carbocycles. The first kappa shape index (κ1) is 17.7. The van der Waals surface area contributed by atoms with Crippen molar-refractivity contribution in [3.05, 3.63) is 36.4 Å². The lowest BCUT2D eigenvalue weighted by molar-refractivity contribution is -0.193. The highest BCUT2D eigenvalue weighted by Crippen LogP contribution is 2.62. The average Bonchev–Trinajstić information content (AvgIpc) is 3.19. The predicted molar refractivity (Wildman–Crippen MR) is 108 cm³/mol. The van der Waals surface area contributed by atoms with Gasteiger partial charge in [0.1, 0.15) is 11.3 Å². The van der Waals surface area contributed by atoms with Gasteiger partial charge in [0, 0.05) is 37.7 Å². The lowest BCUT2D eigenvalue weighted by atomic mass is 9.52. The minimum absolute atomic E-state index is 0.0204. The Balaban J connectivity index is 1.24. The van der Waals surface area contributed by atoms with E-state index in [2.05, 4.69) is 20.4 Å². The Morgan fingerprint density at radius 3 is 2.70 bits per heavy atom. The van der Waals surface area contributed by atoms with Crippen molar-refractivity contribution in [2.24, 2.45) is 12.5 Å². The van der Waals surface area contributed by atoms with E-state index in [0.29, 0.717) is 5.95 Å². The molecule has 0 radical (unpaired) electrons. The Morgan fingerprint density at radius 2 is 1.93 bits per heavy atom. The quantitative estimate of drug-likeness (QED) is 0.554. The van der Waals surface area contributed by atoms with Gasteiger partial charge in [0.15, 0.2) is 5.65 Å². The molecule has 0 aliphatic heterocycles. The number of anilines is 1. The predicted octanol–water partition coefficient (Wildman–Crippen LogP) is 3.98. The molecule has 7 nitrogen and oxygen atoms in total. The van der Waals surface area contributed by atoms with Crippen LogP contribution in [0, 0.1) is 12.3 Å². The van der Waals surface area contributed by atoms with Gasteiger partial charge in [-0.15, -0.1) is 5.10 Å². The standard InChI is InChI=1S/C21H21F2N7/c1-12-25-16-4-3-15(27-18(16)29(12)2)14-5-6-30-17(14)9-24-19(28-30)26-13-7-20(8-13)10-21(22,23)11-20/h3-6,9,13H,7-8,10-11H2,1-2H3,(H,26,28). The van der Waals surface area contributed by atoms with Crippen molar-refractivity contribution in [2.45, 2.75) is 44.6 Å². The number of imidazole rings is 1. The number of hydrogen-bond donors (Lipinski definition) is 1. The number of aromatic nitrogens is 6. The van der Waals surface area contributed by atoms with Gasteiger partial charge in [0.25, 0.3) is 0 Å². The number of halogens is 2. The van der Waals surface area contributed by atoms with E-state index < -0.39 is 5.92 Å². The maximum absolute atomic E-state index is 13.2. The second-order valence-electron chi connectivity index (χ2n) is 8.86. The molecule has 4 aromatic heterocycles. The minimum atomic E-state index is -2.47. The summed E-state index contributed by atoms with van der Waals surface area (Å²) in [7, 11) is 1.95. The summed E-state index contributed by atoms with van der Waals surface area (Å²) < 4.78 is 30.1. The summed E-state index contributed by atoms with van der Waals surface area (Å²) in [5, 5.41) is 7.84. The highest BCUT2D eigenvalue weighted by atomic mass is 19.3. The Bertz CT molecular complexity index is 1290. The second kappa shape index (κ2) is 5.74. The maximum atomic E-state index is 13.2. The zero-order chi connectivity index (χ0) is 20.7. The average molecular weight is 409 g/mol. The SMILES string of the molecule is Cc1nc2ccc(-c3ccn4nc(NC5CC6(C5)CC(F)(F)C6)ncc34)nc2n1C. The van der Waals surface area contributed by atoms with Gasteiger partial charge in [0.2, 0.25) is 11.9 Å². The van der Waals surface area contributed by atoms with Crippen LogP contribution in [0.1, 0.15) is 31.5 Å². The van der Waals surface area contributed by atoms with E-state index in [9.17, 15) is 8.78 Å². The van der Waals surface area contributed by atoms with Crippen LogP contribution in [0.4, 0.5) is 14.7 Å². The van der Waals surface area contributed by atoms with Gasteiger partial charge in [-0.05, 0) is 43.4 Å². The van der Waals surface area contributed by atoms with E-state index in [1.54, 1.807) is 10.7 Å². The third-order valence-electron chi connectivity index (χ3n) is 6.59. The lowest BCUT2D eigenvalue weighted by Gasteiger charge is -2.57. The third kappa shape index (κ3) is 2.60. The molecule has 2 saturated carbocycles. The summed E-state index contributed by atoms with van der Waals surface area (Å²) in [5.74, 6) is -1.03. The Hall–Kier alpha value is -3.10. The number of pyridine rings is 1. The van der Waals surface area contributed by atoms with Gasteiger partial charge >= 0.3 is 0 Å². The number of alkyl halides is 2. The van der Waals surface area contributed by atoms with Gasteiger partial charge < -0.3 is 9.88 Å². The van der Waals surface area contributed by atoms with E-state index in [1.165, 1.54) is 0 Å². The zero-order valence-corrected chi connectivity index (χ0v) is 16.7. The molecular formula is C21H21F2N7. The topological polar surface area (TPSA) is 72.9 Å². The normalized spacial score (nSPS) is 19.9. The van der Waals surface area contributed by atoms with Crippen LogP contribution in [0.15, 0.2) is 30.6 Å². The summed E-state index contributed by atoms with van der Waals surface area (Å²) in [5.41, 5.74) is 4.18. The molecule has 0 saturated heterocycles. The molecule has 0 atom stereocenters. The number of rotatable bonds is 3. The maximum Gasteiger partial charge on any atom is 0.249 e. The van der Waals surface area contributed by atoms with Crippen molar-refractivity contribution in [3.8, 4) is 11.3 Å². The largest absolute Gasteiger partial charge is 0.350 e. The molecule has 0 bridgehead atoms. The van der Waals surface area contributed by atoms with Gasteiger partial charge in [-0.1, -0.05) is 0 Å². The van der Waals surface area contributed by atoms with Crippen molar-refractivity contribution in [1.82, 2.24) is 29.1 Å². The monoisotopic (exact) mass is 409 g/mol. The summed E-state index contributed by atoms with van der Waals surface area (Å²) in [6.07, 6.45) is 5.21. The van der Waals surface area contributed by atoms with Crippen LogP contribution in [0.3, 0.4) is 0 Å². The molecule has 6 rings (SSSR count). The highest BCUT2D eigenvalue weighted by molar-refractivity contribution is 5.82. The third-order valence-corrected chi connectivity index (χ3v) is 6.59. The van der Waals surface area contributed by atoms with Gasteiger partial charge in [-0.2, -0.15) is 0 Å². The van der Waals surface area contributed by atoms with Crippen molar-refractivity contribution in [3.63, 3.8) is 0 Å². The van der Waals surface area contributed by atoms with E-state index in [0.717, 1.165) is 46.6 Å². The van der Waals surface area contributed by atoms with Crippen LogP contribution in [0.2, 0.25) is 0 Å². The molecule has 1 spiro atoms. The number of hydrogen-bond acceptors (Lipinski definition) is 5. The molecule has 4 aromatic rings. The van der Waals surface area contributed by atoms with Crippen LogP contribution in [0.5, 0.6) is 0 Å². The van der Waals surface area contributed by atoms with Gasteiger partial charge in [-0.25, -0.2) is 28.2 Å². The van der Waals surface area contributed by atoms with Crippen molar-refractivity contribution in [1.29, 1.82) is 0 Å². The molecule has 4 heterocycles. The second-order valence-corrected chi connectivity index (χ2v) is 8.86. The minimum Gasteiger partial charge on any atom is -0.350 e. The Morgan fingerprint density at radius 1 is 1.13 bits per heavy atom. The molecule has 2 aliphatic rings. The first-order chi connectivity index (χ1) is 14.3. The molecule has 1 N–H and O–H groups in total. The van der Waals surface area contributed by atoms with Crippen molar-refractivity contribution < 1.29 is 8.78 Å². The van der Waals surface area contributed by atoms with Crippen LogP contribution >= 0.6 is 0 Å². The molecule has 30 heavy (non-hydrogen) atoms. The first-order valence-electron chi connectivity index (χ1n) is 10.1. The summed E-state index contributed by atoms with van der Waals surface area (Å²) in [6.45, 7) is 1.96. The van der Waals surface area contributed by atoms with Gasteiger partial charge in [-0.3, -0.25) is 0 Å². The fourth-order valence-corrected chi connectivity index (χ4v) is 5.12. The molecular weight excluding hydrogens is 388 g/mol. The molecule has 0 unspecified atom stereocenters. The van der Waals surface area contributed by atoms with Crippen LogP contribution in [-0.2, 0) is 7.05 Å². The Kier molecular flexibility index (Phi) is 3.39. The van der Waals surface area contributed by atoms with E-state index >= 15 is 0 Å². The molecule has 9 heteroatoms. The first-order valence-corrected chi connectivity index (χ1v) is 10.1. The smallest absolute Gasteiger partial charge is 0.249 e. The van der Waals surface area contributed by atoms with E-state index in [1.807, 2.05) is 42.9 Å². The van der Waals surface area contributed by atoms with E-state index in [4.69, 9.17) is 4.98 Å². The Labute approximate surface area is 171 Å². The number of nitrogens with one attached hydrogen (secondary N) is 1. The van der Waals surface area contributed by atoms with Gasteiger partial charge in [0.05, 0.1) is 17.4 Å². The summed E-state index contributed by atoms with van der Waals surface area (Å²) in [4.78, 5) is 13.7. The molecule has 154 valence electrons. The van der Waals surface area contributed by atoms with E-state index in [-0.39, 0.29) is 24.3 Å². The fourth-order valence-electron chi connectivity index (χ4n) is 5.12. The number of fused-ring (bicyclic) bond motifs is 2. The van der Waals surface area contributed by atoms with Crippen LogP contribution in [-0.4, -0.2) is 41.1 Å². The van der Waals surface area contributed by atoms with Crippen LogP contribution in [0.25, 0.3) is 27.9 Å². The molecule has 2 aliphatic carbocycles. The zero-order valence-electron chi connectivity index (χ0n) is 16.7. The molecule has 2 fully saturated rings. The summed E-state index contributed by atoms with van der Waals surface area (Å²) >= 11 is 0. The lowest BCUT2D eigenvalue weighted by Crippen LogP contribution is -2.57. The van der Waals surface area contributed by atoms with Crippen molar-refractivity contribution >= 4 is 22.6 Å². The number of nitrogens with zero attached hydrogens (tertiary/aromatic N) is 6. The van der Waals surface area contributed by atoms with Crippen molar-refractivity contribution in [2.75, 3.05) is 5.32 Å². The number of aryl methyl sites for hydroxylation is 2. The fraction of sp³-hybridized carbons (Fsp3) is 0.429. The molecule has 0 amide bonds. The van der Waals surface area contributed by atoms with Crippen LogP contribution < -0.4 is 5.32 Å². The summed E-state index contributed by atoms with van der Waals surface area (Å²) in [6, 6.07) is 6.06.